The van der Waals surface area contributed by atoms with Crippen molar-refractivity contribution in [3.63, 3.8) is 0 Å². The lowest BCUT2D eigenvalue weighted by atomic mass is 10.1. The molecule has 300 valence electrons. The summed E-state index contributed by atoms with van der Waals surface area (Å²) in [6.45, 7) is 20.7. The van der Waals surface area contributed by atoms with Crippen LogP contribution < -0.4 is 0 Å². The Balaban J connectivity index is 0.000000337. The fraction of sp³-hybridized carbons (Fsp3) is 0.250. The van der Waals surface area contributed by atoms with Gasteiger partial charge in [-0.15, -0.1) is 0 Å². The second-order valence-electron chi connectivity index (χ2n) is 13.7. The largest absolute Gasteiger partial charge is 0.207 e. The Morgan fingerprint density at radius 3 is 0.661 bits per heavy atom. The van der Waals surface area contributed by atoms with E-state index in [0.29, 0.717) is 33.4 Å². The second kappa shape index (κ2) is 23.6. The van der Waals surface area contributed by atoms with E-state index in [4.69, 9.17) is 0 Å². The number of halogens is 8. The molecule has 6 rings (SSSR count). The van der Waals surface area contributed by atoms with Gasteiger partial charge in [-0.05, 0) is 176 Å². The average molecular weight is 781 g/mol. The maximum Gasteiger partial charge on any atom is 0.129 e. The van der Waals surface area contributed by atoms with Gasteiger partial charge in [-0.2, -0.15) is 0 Å². The van der Waals surface area contributed by atoms with E-state index < -0.39 is 23.3 Å². The Morgan fingerprint density at radius 1 is 0.214 bits per heavy atom. The molecule has 0 radical (unpaired) electrons. The highest BCUT2D eigenvalue weighted by Crippen LogP contribution is 2.15. The van der Waals surface area contributed by atoms with E-state index >= 15 is 0 Å². The summed E-state index contributed by atoms with van der Waals surface area (Å²) in [6, 6.07) is 26.6. The molecule has 0 unspecified atom stereocenters. The van der Waals surface area contributed by atoms with Crippen LogP contribution in [-0.4, -0.2) is 0 Å². The van der Waals surface area contributed by atoms with Crippen LogP contribution in [0.2, 0.25) is 0 Å². The van der Waals surface area contributed by atoms with Crippen LogP contribution in [0.3, 0.4) is 0 Å². The summed E-state index contributed by atoms with van der Waals surface area (Å²) in [5.74, 6) is -2.83. The van der Waals surface area contributed by atoms with Crippen molar-refractivity contribution in [1.29, 1.82) is 0 Å². The number of benzene rings is 6. The maximum atomic E-state index is 12.6. The van der Waals surface area contributed by atoms with E-state index in [9.17, 15) is 35.1 Å². The summed E-state index contributed by atoms with van der Waals surface area (Å²) in [5.41, 5.74) is 8.12. The van der Waals surface area contributed by atoms with Crippen LogP contribution in [-0.2, 0) is 0 Å². The Labute approximate surface area is 327 Å². The zero-order chi connectivity index (χ0) is 42.9. The Kier molecular flexibility index (Phi) is 20.6. The predicted octanol–water partition coefficient (Wildman–Crippen LogP) is 14.9. The quantitative estimate of drug-likeness (QED) is 0.135. The molecule has 0 aliphatic carbocycles. The molecule has 0 N–H and O–H groups in total. The summed E-state index contributed by atoms with van der Waals surface area (Å²) in [4.78, 5) is 0. The molecule has 8 heteroatoms. The topological polar surface area (TPSA) is 0 Å². The van der Waals surface area contributed by atoms with Crippen molar-refractivity contribution in [2.45, 2.75) is 83.1 Å². The standard InChI is InChI=1S/3C8H8F2.2C8H9F.C8H10/c1-5-3-8(10)6(2)4-7(5)9;2*1-5-3-7(9)6(2)8(10)4-5;2*1-6-3-4-7(2)8(9)5-6;1-7-3-5-8(2)6-4-7/h3*3-4H,1-2H3;2*3-5H,1-2H3;3-6H,1-2H3. The summed E-state index contributed by atoms with van der Waals surface area (Å²) >= 11 is 0. The van der Waals surface area contributed by atoms with Crippen molar-refractivity contribution in [1.82, 2.24) is 0 Å². The summed E-state index contributed by atoms with van der Waals surface area (Å²) in [7, 11) is 0. The van der Waals surface area contributed by atoms with Gasteiger partial charge in [0.05, 0.1) is 0 Å². The fourth-order valence-electron chi connectivity index (χ4n) is 4.32. The molecule has 6 aromatic rings. The van der Waals surface area contributed by atoms with E-state index in [-0.39, 0.29) is 34.4 Å². The zero-order valence-electron chi connectivity index (χ0n) is 34.3. The van der Waals surface area contributed by atoms with Crippen LogP contribution in [0.5, 0.6) is 0 Å². The van der Waals surface area contributed by atoms with Gasteiger partial charge in [0.1, 0.15) is 46.5 Å². The van der Waals surface area contributed by atoms with E-state index in [1.165, 1.54) is 87.4 Å². The van der Waals surface area contributed by atoms with Crippen molar-refractivity contribution in [3.8, 4) is 0 Å². The van der Waals surface area contributed by atoms with Crippen molar-refractivity contribution in [2.24, 2.45) is 0 Å². The number of aryl methyl sites for hydroxylation is 10. The van der Waals surface area contributed by atoms with Gasteiger partial charge in [0.15, 0.2) is 0 Å². The number of hydrogen-bond donors (Lipinski definition) is 0. The lowest BCUT2D eigenvalue weighted by molar-refractivity contribution is 0.565. The predicted molar refractivity (Wildman–Crippen MR) is 215 cm³/mol. The van der Waals surface area contributed by atoms with Crippen molar-refractivity contribution in [2.75, 3.05) is 0 Å². The van der Waals surface area contributed by atoms with Crippen LogP contribution in [0.4, 0.5) is 35.1 Å². The normalized spacial score (nSPS) is 9.79. The third-order valence-electron chi connectivity index (χ3n) is 8.16. The third kappa shape index (κ3) is 17.9. The van der Waals surface area contributed by atoms with E-state index in [0.717, 1.165) is 11.1 Å². The maximum absolute atomic E-state index is 12.6. The lowest BCUT2D eigenvalue weighted by Gasteiger charge is -1.98. The lowest BCUT2D eigenvalue weighted by Crippen LogP contribution is -1.89. The van der Waals surface area contributed by atoms with Crippen molar-refractivity contribution < 1.29 is 35.1 Å². The highest BCUT2D eigenvalue weighted by molar-refractivity contribution is 5.26. The molecule has 0 spiro atoms. The molecule has 0 atom stereocenters. The molecule has 0 saturated carbocycles. The summed E-state index contributed by atoms with van der Waals surface area (Å²) in [5, 5.41) is 0. The first-order valence-electron chi connectivity index (χ1n) is 17.8. The molecule has 0 amide bonds. The molecular formula is C48H52F8. The Hall–Kier alpha value is -5.24. The van der Waals surface area contributed by atoms with Gasteiger partial charge in [-0.25, -0.2) is 35.1 Å². The zero-order valence-corrected chi connectivity index (χ0v) is 34.3. The highest BCUT2D eigenvalue weighted by Gasteiger charge is 2.04. The highest BCUT2D eigenvalue weighted by atomic mass is 19.2. The average Bonchev–Trinajstić information content (AvgIpc) is 3.11. The SMILES string of the molecule is Cc1cc(F)c(C)c(F)c1.Cc1cc(F)c(C)c(F)c1.Cc1cc(F)c(C)cc1F.Cc1ccc(C)c(F)c1.Cc1ccc(C)c(F)c1.Cc1ccc(C)cc1. The Bertz CT molecular complexity index is 1930. The minimum atomic E-state index is -0.475. The molecule has 0 aliphatic heterocycles. The molecule has 0 saturated heterocycles. The molecule has 0 heterocycles. The molecule has 56 heavy (non-hydrogen) atoms. The minimum absolute atomic E-state index is 0.0885. The van der Waals surface area contributed by atoms with Crippen LogP contribution in [0.1, 0.15) is 66.8 Å². The fourth-order valence-corrected chi connectivity index (χ4v) is 4.32. The molecule has 0 fully saturated rings. The van der Waals surface area contributed by atoms with Gasteiger partial charge in [0.2, 0.25) is 0 Å². The first-order chi connectivity index (χ1) is 26.0. The number of rotatable bonds is 0. The minimum Gasteiger partial charge on any atom is -0.207 e. The van der Waals surface area contributed by atoms with Gasteiger partial charge in [0.25, 0.3) is 0 Å². The van der Waals surface area contributed by atoms with Crippen LogP contribution in [0, 0.1) is 130 Å². The third-order valence-corrected chi connectivity index (χ3v) is 8.16. The van der Waals surface area contributed by atoms with Gasteiger partial charge >= 0.3 is 0 Å². The first-order valence-corrected chi connectivity index (χ1v) is 17.8. The molecule has 0 bridgehead atoms. The van der Waals surface area contributed by atoms with E-state index in [1.807, 2.05) is 26.0 Å². The molecule has 0 aliphatic rings. The second-order valence-corrected chi connectivity index (χ2v) is 13.7. The van der Waals surface area contributed by atoms with Gasteiger partial charge in [-0.3, -0.25) is 0 Å². The van der Waals surface area contributed by atoms with Crippen LogP contribution in [0.25, 0.3) is 0 Å². The van der Waals surface area contributed by atoms with Crippen molar-refractivity contribution in [3.05, 3.63) is 210 Å². The van der Waals surface area contributed by atoms with Crippen LogP contribution in [0.15, 0.2) is 97.1 Å². The molecular weight excluding hydrogens is 729 g/mol. The molecule has 6 aromatic carbocycles. The van der Waals surface area contributed by atoms with Crippen LogP contribution >= 0.6 is 0 Å². The molecule has 0 aromatic heterocycles. The van der Waals surface area contributed by atoms with E-state index in [1.54, 1.807) is 39.8 Å². The summed E-state index contributed by atoms with van der Waals surface area (Å²) < 4.78 is 101. The van der Waals surface area contributed by atoms with Gasteiger partial charge < -0.3 is 0 Å². The monoisotopic (exact) mass is 780 g/mol. The smallest absolute Gasteiger partial charge is 0.129 e. The summed E-state index contributed by atoms with van der Waals surface area (Å²) in [6.07, 6.45) is 0. The molecule has 0 nitrogen and oxygen atoms in total. The number of hydrogen-bond acceptors (Lipinski definition) is 0. The van der Waals surface area contributed by atoms with E-state index in [2.05, 4.69) is 38.1 Å². The van der Waals surface area contributed by atoms with Gasteiger partial charge in [-0.1, -0.05) is 59.7 Å². The first kappa shape index (κ1) is 48.8. The van der Waals surface area contributed by atoms with Gasteiger partial charge in [0, 0.05) is 11.1 Å². The van der Waals surface area contributed by atoms with Crippen molar-refractivity contribution >= 4 is 0 Å². The Morgan fingerprint density at radius 2 is 0.429 bits per heavy atom.